The lowest BCUT2D eigenvalue weighted by Crippen LogP contribution is -2.15. The number of fused-ring (bicyclic) bond motifs is 1. The number of benzene rings is 2. The van der Waals surface area contributed by atoms with E-state index in [1.165, 1.54) is 6.20 Å². The lowest BCUT2D eigenvalue weighted by molar-refractivity contribution is 0.171. The first kappa shape index (κ1) is 16.2. The third-order valence-electron chi connectivity index (χ3n) is 4.30. The molecule has 2 aromatic carbocycles. The van der Waals surface area contributed by atoms with Gasteiger partial charge in [0.15, 0.2) is 11.5 Å². The third kappa shape index (κ3) is 2.90. The molecule has 138 valence electrons. The molecular formula is C20H14N4O4. The van der Waals surface area contributed by atoms with Crippen LogP contribution in [0.1, 0.15) is 0 Å². The minimum Gasteiger partial charge on any atom is -0.486 e. The summed E-state index contributed by atoms with van der Waals surface area (Å²) in [5.74, 6) is 2.22. The number of aromatic amines is 1. The summed E-state index contributed by atoms with van der Waals surface area (Å²) in [7, 11) is 0. The molecule has 0 bridgehead atoms. The summed E-state index contributed by atoms with van der Waals surface area (Å²) < 4.78 is 16.4. The molecule has 5 rings (SSSR count). The van der Waals surface area contributed by atoms with Gasteiger partial charge in [-0.05, 0) is 18.2 Å². The van der Waals surface area contributed by atoms with Crippen molar-refractivity contribution in [3.8, 4) is 45.7 Å². The molecule has 4 aromatic rings. The van der Waals surface area contributed by atoms with E-state index in [9.17, 15) is 4.79 Å². The molecule has 1 aliphatic rings. The number of hydrogen-bond acceptors (Lipinski definition) is 7. The summed E-state index contributed by atoms with van der Waals surface area (Å²) in [5, 5.41) is 3.97. The van der Waals surface area contributed by atoms with Gasteiger partial charge in [0, 0.05) is 17.3 Å². The lowest BCUT2D eigenvalue weighted by atomic mass is 10.2. The maximum atomic E-state index is 12.5. The Morgan fingerprint density at radius 1 is 0.929 bits per heavy atom. The van der Waals surface area contributed by atoms with Gasteiger partial charge in [0.05, 0.1) is 0 Å². The average molecular weight is 374 g/mol. The zero-order chi connectivity index (χ0) is 18.9. The van der Waals surface area contributed by atoms with Gasteiger partial charge in [-0.3, -0.25) is 4.79 Å². The molecule has 2 aromatic heterocycles. The first-order valence-corrected chi connectivity index (χ1v) is 8.67. The Kier molecular flexibility index (Phi) is 3.86. The second-order valence-electron chi connectivity index (χ2n) is 6.12. The summed E-state index contributed by atoms with van der Waals surface area (Å²) in [6.45, 7) is 1.01. The average Bonchev–Trinajstić information content (AvgIpc) is 3.24. The summed E-state index contributed by atoms with van der Waals surface area (Å²) in [5.41, 5.74) is 1.36. The molecule has 0 amide bonds. The fourth-order valence-electron chi connectivity index (χ4n) is 2.92. The van der Waals surface area contributed by atoms with Crippen LogP contribution in [0.3, 0.4) is 0 Å². The molecule has 0 saturated carbocycles. The van der Waals surface area contributed by atoms with Crippen LogP contribution < -0.4 is 15.0 Å². The molecule has 28 heavy (non-hydrogen) atoms. The van der Waals surface area contributed by atoms with E-state index in [4.69, 9.17) is 14.0 Å². The van der Waals surface area contributed by atoms with Crippen LogP contribution in [0.25, 0.3) is 34.2 Å². The molecule has 0 saturated heterocycles. The normalized spacial score (nSPS) is 12.7. The van der Waals surface area contributed by atoms with Crippen LogP contribution in [0.2, 0.25) is 0 Å². The van der Waals surface area contributed by atoms with E-state index in [1.54, 1.807) is 12.1 Å². The van der Waals surface area contributed by atoms with Gasteiger partial charge in [-0.15, -0.1) is 0 Å². The third-order valence-corrected chi connectivity index (χ3v) is 4.30. The monoisotopic (exact) mass is 374 g/mol. The first-order valence-electron chi connectivity index (χ1n) is 8.67. The molecule has 8 nitrogen and oxygen atoms in total. The van der Waals surface area contributed by atoms with Crippen LogP contribution >= 0.6 is 0 Å². The highest BCUT2D eigenvalue weighted by Crippen LogP contribution is 2.34. The topological polar surface area (TPSA) is 103 Å². The molecule has 8 heteroatoms. The van der Waals surface area contributed by atoms with Crippen LogP contribution in [0.15, 0.2) is 64.0 Å². The lowest BCUT2D eigenvalue weighted by Gasteiger charge is -2.18. The van der Waals surface area contributed by atoms with Gasteiger partial charge >= 0.3 is 0 Å². The largest absolute Gasteiger partial charge is 0.486 e. The zero-order valence-corrected chi connectivity index (χ0v) is 14.6. The van der Waals surface area contributed by atoms with E-state index >= 15 is 0 Å². The van der Waals surface area contributed by atoms with Crippen LogP contribution in [-0.4, -0.2) is 33.3 Å². The Morgan fingerprint density at radius 2 is 1.75 bits per heavy atom. The van der Waals surface area contributed by atoms with Crippen molar-refractivity contribution in [1.82, 2.24) is 20.1 Å². The van der Waals surface area contributed by atoms with E-state index in [0.717, 1.165) is 5.56 Å². The highest BCUT2D eigenvalue weighted by atomic mass is 16.6. The van der Waals surface area contributed by atoms with E-state index in [1.807, 2.05) is 36.4 Å². The summed E-state index contributed by atoms with van der Waals surface area (Å²) in [6.07, 6.45) is 1.43. The van der Waals surface area contributed by atoms with Crippen molar-refractivity contribution >= 4 is 0 Å². The van der Waals surface area contributed by atoms with Gasteiger partial charge in [-0.1, -0.05) is 35.5 Å². The second-order valence-corrected chi connectivity index (χ2v) is 6.12. The van der Waals surface area contributed by atoms with Gasteiger partial charge in [0.1, 0.15) is 24.6 Å². The number of rotatable bonds is 3. The van der Waals surface area contributed by atoms with Crippen molar-refractivity contribution < 1.29 is 14.0 Å². The van der Waals surface area contributed by atoms with Crippen molar-refractivity contribution in [2.24, 2.45) is 0 Å². The van der Waals surface area contributed by atoms with E-state index in [2.05, 4.69) is 20.1 Å². The van der Waals surface area contributed by atoms with Crippen molar-refractivity contribution in [2.45, 2.75) is 0 Å². The number of ether oxygens (including phenoxy) is 2. The highest BCUT2D eigenvalue weighted by molar-refractivity contribution is 5.63. The van der Waals surface area contributed by atoms with Crippen molar-refractivity contribution in [1.29, 1.82) is 0 Å². The Labute approximate surface area is 158 Å². The van der Waals surface area contributed by atoms with Crippen LogP contribution in [0.5, 0.6) is 11.5 Å². The van der Waals surface area contributed by atoms with Gasteiger partial charge in [0.2, 0.25) is 5.82 Å². The maximum Gasteiger partial charge on any atom is 0.265 e. The molecule has 0 unspecified atom stereocenters. The molecule has 0 radical (unpaired) electrons. The predicted molar refractivity (Wildman–Crippen MR) is 100 cm³/mol. The first-order chi connectivity index (χ1) is 13.8. The molecule has 0 aliphatic carbocycles. The number of nitrogens with one attached hydrogen (secondary N) is 1. The fourth-order valence-corrected chi connectivity index (χ4v) is 2.92. The minimum atomic E-state index is -0.355. The standard InChI is InChI=1S/C20H14N4O4/c25-19-14(11-21-17(22-19)12-4-2-1-3-5-12)20-23-18(24-28-20)13-6-7-15-16(10-13)27-9-8-26-15/h1-7,10-11H,8-9H2,(H,21,22,25). The molecular weight excluding hydrogens is 360 g/mol. The number of hydrogen-bond donors (Lipinski definition) is 1. The maximum absolute atomic E-state index is 12.5. The van der Waals surface area contributed by atoms with E-state index in [0.29, 0.717) is 41.9 Å². The number of H-pyrrole nitrogens is 1. The second kappa shape index (κ2) is 6.66. The number of nitrogens with zero attached hydrogens (tertiary/aromatic N) is 3. The molecule has 0 spiro atoms. The smallest absolute Gasteiger partial charge is 0.265 e. The van der Waals surface area contributed by atoms with Crippen molar-refractivity contribution in [3.63, 3.8) is 0 Å². The molecule has 1 N–H and O–H groups in total. The van der Waals surface area contributed by atoms with Crippen LogP contribution in [0.4, 0.5) is 0 Å². The number of aromatic nitrogens is 4. The summed E-state index contributed by atoms with van der Waals surface area (Å²) >= 11 is 0. The minimum absolute atomic E-state index is 0.0956. The summed E-state index contributed by atoms with van der Waals surface area (Å²) in [4.78, 5) is 23.9. The predicted octanol–water partition coefficient (Wildman–Crippen LogP) is 2.93. The SMILES string of the molecule is O=c1[nH]c(-c2ccccc2)ncc1-c1nc(-c2ccc3c(c2)OCCO3)no1. The van der Waals surface area contributed by atoms with Gasteiger partial charge in [-0.2, -0.15) is 4.98 Å². The summed E-state index contributed by atoms with van der Waals surface area (Å²) in [6, 6.07) is 14.8. The van der Waals surface area contributed by atoms with Crippen LogP contribution in [0, 0.1) is 0 Å². The van der Waals surface area contributed by atoms with E-state index in [-0.39, 0.29) is 17.0 Å². The Morgan fingerprint density at radius 3 is 2.57 bits per heavy atom. The zero-order valence-electron chi connectivity index (χ0n) is 14.6. The van der Waals surface area contributed by atoms with Crippen molar-refractivity contribution in [3.05, 3.63) is 65.1 Å². The molecule has 0 atom stereocenters. The quantitative estimate of drug-likeness (QED) is 0.588. The highest BCUT2D eigenvalue weighted by Gasteiger charge is 2.18. The van der Waals surface area contributed by atoms with Gasteiger partial charge in [0.25, 0.3) is 11.4 Å². The Bertz CT molecular complexity index is 1200. The van der Waals surface area contributed by atoms with Gasteiger partial charge < -0.3 is 19.0 Å². The molecule has 3 heterocycles. The Balaban J connectivity index is 1.47. The van der Waals surface area contributed by atoms with Crippen molar-refractivity contribution in [2.75, 3.05) is 13.2 Å². The van der Waals surface area contributed by atoms with Gasteiger partial charge in [-0.25, -0.2) is 4.98 Å². The Hall–Kier alpha value is -3.94. The molecule has 0 fully saturated rings. The fraction of sp³-hybridized carbons (Fsp3) is 0.100. The van der Waals surface area contributed by atoms with E-state index < -0.39 is 0 Å². The molecule has 1 aliphatic heterocycles. The van der Waals surface area contributed by atoms with Crippen LogP contribution in [-0.2, 0) is 0 Å².